The van der Waals surface area contributed by atoms with E-state index >= 15 is 0 Å². The Kier molecular flexibility index (Phi) is 4.97. The van der Waals surface area contributed by atoms with Crippen molar-refractivity contribution >= 4 is 12.0 Å². The first-order valence-corrected chi connectivity index (χ1v) is 8.63. The van der Waals surface area contributed by atoms with Crippen LogP contribution in [0.1, 0.15) is 44.7 Å². The van der Waals surface area contributed by atoms with E-state index in [1.807, 2.05) is 12.1 Å². The number of urea groups is 1. The van der Waals surface area contributed by atoms with Crippen LogP contribution < -0.4 is 15.4 Å². The molecule has 2 amide bonds. The average Bonchev–Trinajstić information content (AvgIpc) is 2.99. The van der Waals surface area contributed by atoms with Crippen LogP contribution in [-0.2, 0) is 9.53 Å². The fourth-order valence-electron chi connectivity index (χ4n) is 3.50. The molecule has 0 saturated heterocycles. The van der Waals surface area contributed by atoms with Crippen LogP contribution in [0.5, 0.6) is 5.75 Å². The van der Waals surface area contributed by atoms with Gasteiger partial charge in [-0.1, -0.05) is 19.1 Å². The average molecular weight is 344 g/mol. The van der Waals surface area contributed by atoms with Gasteiger partial charge in [0.25, 0.3) is 0 Å². The summed E-state index contributed by atoms with van der Waals surface area (Å²) in [5.74, 6) is 0.716. The summed E-state index contributed by atoms with van der Waals surface area (Å²) in [5.41, 5.74) is 1.78. The maximum atomic E-state index is 12.8. The maximum Gasteiger partial charge on any atom is 0.338 e. The van der Waals surface area contributed by atoms with Gasteiger partial charge >= 0.3 is 12.0 Å². The van der Waals surface area contributed by atoms with Crippen molar-refractivity contribution in [3.63, 3.8) is 0 Å². The molecule has 2 N–H and O–H groups in total. The Bertz CT molecular complexity index is 696. The normalized spacial score (nSPS) is 26.0. The first-order valence-electron chi connectivity index (χ1n) is 8.63. The summed E-state index contributed by atoms with van der Waals surface area (Å²) >= 11 is 0. The van der Waals surface area contributed by atoms with Gasteiger partial charge in [-0.25, -0.2) is 9.59 Å². The molecule has 0 radical (unpaired) electrons. The first kappa shape index (κ1) is 17.3. The van der Waals surface area contributed by atoms with Gasteiger partial charge in [0.05, 0.1) is 18.7 Å². The van der Waals surface area contributed by atoms with Crippen molar-refractivity contribution in [2.24, 2.45) is 5.92 Å². The fraction of sp³-hybridized carbons (Fsp3) is 0.474. The molecule has 2 aliphatic rings. The van der Waals surface area contributed by atoms with Gasteiger partial charge < -0.3 is 20.1 Å². The third-order valence-electron chi connectivity index (χ3n) is 4.98. The number of esters is 1. The van der Waals surface area contributed by atoms with Gasteiger partial charge in [0, 0.05) is 5.70 Å². The first-order chi connectivity index (χ1) is 12.0. The van der Waals surface area contributed by atoms with Crippen LogP contribution in [-0.4, -0.2) is 25.2 Å². The van der Waals surface area contributed by atoms with E-state index in [0.717, 1.165) is 24.8 Å². The quantitative estimate of drug-likeness (QED) is 0.823. The molecule has 1 aromatic rings. The van der Waals surface area contributed by atoms with Crippen LogP contribution in [0.3, 0.4) is 0 Å². The van der Waals surface area contributed by atoms with Crippen LogP contribution in [0.2, 0.25) is 0 Å². The Morgan fingerprint density at radius 1 is 1.20 bits per heavy atom. The van der Waals surface area contributed by atoms with Crippen LogP contribution >= 0.6 is 0 Å². The van der Waals surface area contributed by atoms with E-state index in [0.29, 0.717) is 22.9 Å². The summed E-state index contributed by atoms with van der Waals surface area (Å²) in [5, 5.41) is 5.49. The Labute approximate surface area is 147 Å². The summed E-state index contributed by atoms with van der Waals surface area (Å²) < 4.78 is 10.9. The summed E-state index contributed by atoms with van der Waals surface area (Å²) in [6.45, 7) is 3.83. The molecule has 3 atom stereocenters. The zero-order valence-corrected chi connectivity index (χ0v) is 14.8. The molecule has 1 aliphatic heterocycles. The van der Waals surface area contributed by atoms with E-state index in [1.165, 1.54) is 0 Å². The van der Waals surface area contributed by atoms with Crippen molar-refractivity contribution in [3.05, 3.63) is 41.1 Å². The van der Waals surface area contributed by atoms with Gasteiger partial charge in [-0.2, -0.15) is 0 Å². The lowest BCUT2D eigenvalue weighted by molar-refractivity contribution is -0.146. The van der Waals surface area contributed by atoms with Crippen LogP contribution in [0.4, 0.5) is 4.79 Å². The number of carbonyl (C=O) groups is 2. The van der Waals surface area contributed by atoms with E-state index in [4.69, 9.17) is 9.47 Å². The van der Waals surface area contributed by atoms with Crippen molar-refractivity contribution in [1.82, 2.24) is 10.6 Å². The highest BCUT2D eigenvalue weighted by atomic mass is 16.5. The summed E-state index contributed by atoms with van der Waals surface area (Å²) in [7, 11) is 1.59. The summed E-state index contributed by atoms with van der Waals surface area (Å²) in [6.07, 6.45) is 2.99. The minimum Gasteiger partial charge on any atom is -0.497 e. The molecular formula is C19H24N2O4. The molecular weight excluding hydrogens is 320 g/mol. The summed E-state index contributed by atoms with van der Waals surface area (Å²) in [4.78, 5) is 24.7. The molecule has 0 spiro atoms. The van der Waals surface area contributed by atoms with Gasteiger partial charge in [0.2, 0.25) is 0 Å². The molecule has 0 aromatic heterocycles. The molecule has 3 rings (SSSR count). The zero-order chi connectivity index (χ0) is 18.0. The summed E-state index contributed by atoms with van der Waals surface area (Å²) in [6, 6.07) is 6.43. The number of hydrogen-bond donors (Lipinski definition) is 2. The Hall–Kier alpha value is -2.50. The largest absolute Gasteiger partial charge is 0.497 e. The number of methoxy groups -OCH3 is 1. The highest BCUT2D eigenvalue weighted by Gasteiger charge is 2.35. The minimum absolute atomic E-state index is 0.0538. The molecule has 0 unspecified atom stereocenters. The fourth-order valence-corrected chi connectivity index (χ4v) is 3.50. The molecule has 1 fully saturated rings. The number of carbonyl (C=O) groups excluding carboxylic acids is 2. The van der Waals surface area contributed by atoms with Crippen molar-refractivity contribution in [1.29, 1.82) is 0 Å². The minimum atomic E-state index is -0.538. The van der Waals surface area contributed by atoms with Gasteiger partial charge in [-0.3, -0.25) is 0 Å². The lowest BCUT2D eigenvalue weighted by Crippen LogP contribution is -2.45. The number of ether oxygens (including phenoxy) is 2. The van der Waals surface area contributed by atoms with Gasteiger partial charge in [-0.15, -0.1) is 0 Å². The van der Waals surface area contributed by atoms with Crippen molar-refractivity contribution in [2.75, 3.05) is 7.11 Å². The number of rotatable bonds is 4. The molecule has 1 aliphatic carbocycles. The highest BCUT2D eigenvalue weighted by molar-refractivity contribution is 5.95. The van der Waals surface area contributed by atoms with Crippen molar-refractivity contribution in [3.8, 4) is 5.75 Å². The zero-order valence-electron chi connectivity index (χ0n) is 14.8. The second-order valence-electron chi connectivity index (χ2n) is 6.70. The molecule has 25 heavy (non-hydrogen) atoms. The van der Waals surface area contributed by atoms with Crippen molar-refractivity contribution in [2.45, 2.75) is 45.3 Å². The third-order valence-corrected chi connectivity index (χ3v) is 4.98. The van der Waals surface area contributed by atoms with Gasteiger partial charge in [0.15, 0.2) is 0 Å². The maximum absolute atomic E-state index is 12.8. The molecule has 1 saturated carbocycles. The Morgan fingerprint density at radius 2 is 1.92 bits per heavy atom. The second-order valence-corrected chi connectivity index (χ2v) is 6.70. The monoisotopic (exact) mass is 344 g/mol. The number of hydrogen-bond acceptors (Lipinski definition) is 4. The molecule has 6 nitrogen and oxygen atoms in total. The number of amides is 2. The van der Waals surface area contributed by atoms with Crippen LogP contribution in [0.15, 0.2) is 35.5 Å². The van der Waals surface area contributed by atoms with E-state index in [1.54, 1.807) is 26.2 Å². The van der Waals surface area contributed by atoms with Gasteiger partial charge in [-0.05, 0) is 49.8 Å². The Morgan fingerprint density at radius 3 is 2.52 bits per heavy atom. The van der Waals surface area contributed by atoms with E-state index in [2.05, 4.69) is 17.6 Å². The number of allylic oxidation sites excluding steroid dienone is 1. The predicted molar refractivity (Wildman–Crippen MR) is 93.0 cm³/mol. The number of nitrogens with one attached hydrogen (secondary N) is 2. The van der Waals surface area contributed by atoms with Crippen LogP contribution in [0.25, 0.3) is 0 Å². The molecule has 1 aromatic carbocycles. The lowest BCUT2D eigenvalue weighted by atomic mass is 9.95. The van der Waals surface area contributed by atoms with Crippen LogP contribution in [0, 0.1) is 5.92 Å². The van der Waals surface area contributed by atoms with E-state index in [-0.39, 0.29) is 18.1 Å². The third kappa shape index (κ3) is 3.62. The lowest BCUT2D eigenvalue weighted by Gasteiger charge is -2.29. The highest BCUT2D eigenvalue weighted by Crippen LogP contribution is 2.32. The molecule has 134 valence electrons. The molecule has 0 bridgehead atoms. The Balaban J connectivity index is 1.87. The molecule has 6 heteroatoms. The number of benzene rings is 1. The topological polar surface area (TPSA) is 76.7 Å². The smallest absolute Gasteiger partial charge is 0.338 e. The SMILES string of the molecule is COc1ccc([C@H]2NC(=O)NC(C)=C2C(=O)O[C@H]2CCC[C@H]2C)cc1. The van der Waals surface area contributed by atoms with E-state index < -0.39 is 6.04 Å². The molecule has 1 heterocycles. The second kappa shape index (κ2) is 7.17. The predicted octanol–water partition coefficient (Wildman–Crippen LogP) is 3.05. The van der Waals surface area contributed by atoms with Gasteiger partial charge in [0.1, 0.15) is 11.9 Å². The van der Waals surface area contributed by atoms with E-state index in [9.17, 15) is 9.59 Å². The standard InChI is InChI=1S/C19H24N2O4/c1-11-5-4-6-15(11)25-18(22)16-12(2)20-19(23)21-17(16)13-7-9-14(24-3)10-8-13/h7-11,15,17H,4-6H2,1-3H3,(H2,20,21,23)/t11-,15+,17-/m1/s1. The van der Waals surface area contributed by atoms with Crippen molar-refractivity contribution < 1.29 is 19.1 Å².